The number of rotatable bonds is 49. The van der Waals surface area contributed by atoms with Crippen LogP contribution in [0.15, 0.2) is 48.6 Å². The molecule has 0 radical (unpaired) electrons. The van der Waals surface area contributed by atoms with E-state index in [1.807, 2.05) is 6.08 Å². The van der Waals surface area contributed by atoms with Crippen LogP contribution in [0, 0.1) is 0 Å². The third-order valence-electron chi connectivity index (χ3n) is 12.1. The van der Waals surface area contributed by atoms with Crippen LogP contribution in [0.1, 0.15) is 271 Å². The van der Waals surface area contributed by atoms with Gasteiger partial charge in [0.15, 0.2) is 0 Å². The minimum absolute atomic E-state index is 0.00631. The summed E-state index contributed by atoms with van der Waals surface area (Å²) in [5, 5.41) is 22.9. The van der Waals surface area contributed by atoms with E-state index in [2.05, 4.69) is 55.6 Å². The van der Waals surface area contributed by atoms with E-state index in [4.69, 9.17) is 4.74 Å². The Morgan fingerprint density at radius 1 is 0.452 bits per heavy atom. The fraction of sp³-hybridized carbons (Fsp3) is 0.821. The van der Waals surface area contributed by atoms with E-state index in [-0.39, 0.29) is 18.5 Å². The van der Waals surface area contributed by atoms with Gasteiger partial charge in [0.05, 0.1) is 25.4 Å². The summed E-state index contributed by atoms with van der Waals surface area (Å²) in [6, 6.07) is -0.631. The molecule has 2 atom stereocenters. The smallest absolute Gasteiger partial charge is 0.305 e. The van der Waals surface area contributed by atoms with Crippen molar-refractivity contribution in [2.45, 2.75) is 283 Å². The average molecular weight is 870 g/mol. The number of aliphatic hydroxyl groups is 2. The normalized spacial score (nSPS) is 13.0. The Kier molecular flexibility index (Phi) is 49.6. The molecule has 1 amide bonds. The molecule has 0 saturated heterocycles. The van der Waals surface area contributed by atoms with Gasteiger partial charge in [-0.25, -0.2) is 0 Å². The highest BCUT2D eigenvalue weighted by Crippen LogP contribution is 2.15. The maximum Gasteiger partial charge on any atom is 0.305 e. The first-order valence-electron chi connectivity index (χ1n) is 26.9. The molecule has 0 aromatic carbocycles. The topological polar surface area (TPSA) is 95.9 Å². The largest absolute Gasteiger partial charge is 0.466 e. The summed E-state index contributed by atoms with van der Waals surface area (Å²) in [4.78, 5) is 24.4. The molecule has 0 saturated carbocycles. The number of ether oxygens (including phenoxy) is 1. The zero-order valence-corrected chi connectivity index (χ0v) is 41.1. The van der Waals surface area contributed by atoms with Crippen molar-refractivity contribution in [3.8, 4) is 0 Å². The molecule has 0 aliphatic carbocycles. The van der Waals surface area contributed by atoms with E-state index in [1.54, 1.807) is 6.08 Å². The molecule has 362 valence electrons. The Labute approximate surface area is 385 Å². The number of carbonyl (C=O) groups is 2. The van der Waals surface area contributed by atoms with Gasteiger partial charge in [-0.3, -0.25) is 9.59 Å². The van der Waals surface area contributed by atoms with Crippen molar-refractivity contribution >= 4 is 11.9 Å². The number of aliphatic hydroxyl groups excluding tert-OH is 2. The monoisotopic (exact) mass is 870 g/mol. The van der Waals surface area contributed by atoms with E-state index in [1.165, 1.54) is 186 Å². The summed E-state index contributed by atoms with van der Waals surface area (Å²) in [5.41, 5.74) is 0. The Morgan fingerprint density at radius 2 is 0.823 bits per heavy atom. The van der Waals surface area contributed by atoms with Crippen LogP contribution in [0.5, 0.6) is 0 Å². The van der Waals surface area contributed by atoms with Crippen LogP contribution in [0.4, 0.5) is 0 Å². The minimum Gasteiger partial charge on any atom is -0.466 e. The lowest BCUT2D eigenvalue weighted by Crippen LogP contribution is -2.45. The highest BCUT2D eigenvalue weighted by molar-refractivity contribution is 5.76. The van der Waals surface area contributed by atoms with E-state index in [0.29, 0.717) is 19.4 Å². The van der Waals surface area contributed by atoms with E-state index < -0.39 is 12.1 Å². The summed E-state index contributed by atoms with van der Waals surface area (Å²) in [6.45, 7) is 4.81. The number of hydrogen-bond donors (Lipinski definition) is 3. The first kappa shape index (κ1) is 59.8. The third-order valence-corrected chi connectivity index (χ3v) is 12.1. The third kappa shape index (κ3) is 47.3. The second-order valence-electron chi connectivity index (χ2n) is 18.2. The first-order valence-corrected chi connectivity index (χ1v) is 26.9. The molecule has 6 nitrogen and oxygen atoms in total. The summed E-state index contributed by atoms with van der Waals surface area (Å²) in [5.74, 6) is -0.0853. The zero-order valence-electron chi connectivity index (χ0n) is 41.1. The van der Waals surface area contributed by atoms with E-state index in [9.17, 15) is 19.8 Å². The van der Waals surface area contributed by atoms with Crippen LogP contribution in [-0.4, -0.2) is 47.4 Å². The molecule has 0 bridgehead atoms. The van der Waals surface area contributed by atoms with Crippen LogP contribution in [0.3, 0.4) is 0 Å². The second-order valence-corrected chi connectivity index (χ2v) is 18.2. The Morgan fingerprint density at radius 3 is 1.29 bits per heavy atom. The van der Waals surface area contributed by atoms with Crippen LogP contribution in [-0.2, 0) is 14.3 Å². The lowest BCUT2D eigenvalue weighted by molar-refractivity contribution is -0.143. The van der Waals surface area contributed by atoms with Gasteiger partial charge in [-0.1, -0.05) is 223 Å². The van der Waals surface area contributed by atoms with Crippen LogP contribution in [0.25, 0.3) is 0 Å². The fourth-order valence-electron chi connectivity index (χ4n) is 7.88. The van der Waals surface area contributed by atoms with Crippen LogP contribution in [0.2, 0.25) is 0 Å². The quantitative estimate of drug-likeness (QED) is 0.0322. The first-order chi connectivity index (χ1) is 30.5. The van der Waals surface area contributed by atoms with Crippen molar-refractivity contribution in [2.75, 3.05) is 13.2 Å². The minimum atomic E-state index is -0.847. The van der Waals surface area contributed by atoms with E-state index in [0.717, 1.165) is 57.8 Å². The lowest BCUT2D eigenvalue weighted by atomic mass is 10.0. The van der Waals surface area contributed by atoms with Gasteiger partial charge in [-0.05, 0) is 83.5 Å². The van der Waals surface area contributed by atoms with Gasteiger partial charge in [-0.15, -0.1) is 0 Å². The molecule has 0 aromatic heterocycles. The number of unbranched alkanes of at least 4 members (excludes halogenated alkanes) is 32. The number of amides is 1. The summed E-state index contributed by atoms with van der Waals surface area (Å²) in [7, 11) is 0. The Bertz CT molecular complexity index is 1050. The molecule has 0 spiro atoms. The van der Waals surface area contributed by atoms with Gasteiger partial charge in [0.1, 0.15) is 0 Å². The molecule has 3 N–H and O–H groups in total. The fourth-order valence-corrected chi connectivity index (χ4v) is 7.88. The van der Waals surface area contributed by atoms with Crippen molar-refractivity contribution in [1.29, 1.82) is 0 Å². The Hall–Kier alpha value is -2.18. The Balaban J connectivity index is 3.42. The molecular formula is C56H103NO5. The van der Waals surface area contributed by atoms with Crippen molar-refractivity contribution in [2.24, 2.45) is 0 Å². The number of carbonyl (C=O) groups excluding carboxylic acids is 2. The van der Waals surface area contributed by atoms with Gasteiger partial charge >= 0.3 is 5.97 Å². The number of nitrogens with one attached hydrogen (secondary N) is 1. The predicted octanol–water partition coefficient (Wildman–Crippen LogP) is 16.2. The summed E-state index contributed by atoms with van der Waals surface area (Å²) >= 11 is 0. The molecule has 6 heteroatoms. The summed E-state index contributed by atoms with van der Waals surface area (Å²) in [6.07, 6.45) is 64.2. The number of hydrogen-bond acceptors (Lipinski definition) is 5. The maximum absolute atomic E-state index is 12.4. The zero-order chi connectivity index (χ0) is 45.1. The molecule has 0 aliphatic heterocycles. The van der Waals surface area contributed by atoms with Crippen molar-refractivity contribution in [1.82, 2.24) is 5.32 Å². The van der Waals surface area contributed by atoms with Crippen molar-refractivity contribution < 1.29 is 24.5 Å². The average Bonchev–Trinajstić information content (AvgIpc) is 3.27. The molecule has 0 rings (SSSR count). The van der Waals surface area contributed by atoms with Gasteiger partial charge in [0.25, 0.3) is 0 Å². The number of esters is 1. The molecule has 0 fully saturated rings. The SMILES string of the molecule is CCCC/C=C\C/C=C\CCCCCCCC(=O)OCCCCCCCCCCCCC/C=C\CCCCCCCCCC(=O)NC(CO)C(O)/C=C/CCCCCCCCC. The molecule has 0 aromatic rings. The van der Waals surface area contributed by atoms with Gasteiger partial charge < -0.3 is 20.3 Å². The van der Waals surface area contributed by atoms with Crippen LogP contribution < -0.4 is 5.32 Å². The molecule has 62 heavy (non-hydrogen) atoms. The molecule has 0 aliphatic rings. The second kappa shape index (κ2) is 51.5. The standard InChI is InChI=1S/C56H103NO5/c1-3-5-7-9-11-13-14-15-27-30-34-38-42-46-50-56(61)62-51-47-43-39-35-31-28-25-23-21-19-17-16-18-20-22-24-26-29-33-37-41-45-49-55(60)57-53(52-58)54(59)48-44-40-36-32-12-10-8-6-4-2/h9,11,14-15,18,20,44,48,53-54,58-59H,3-8,10,12-13,16-17,19,21-43,45-47,49-52H2,1-2H3,(H,57,60)/b11-9-,15-14-,20-18-,48-44+. The van der Waals surface area contributed by atoms with Gasteiger partial charge in [0, 0.05) is 12.8 Å². The summed E-state index contributed by atoms with van der Waals surface area (Å²) < 4.78 is 5.46. The number of allylic oxidation sites excluding steroid dienone is 7. The van der Waals surface area contributed by atoms with Gasteiger partial charge in [-0.2, -0.15) is 0 Å². The highest BCUT2D eigenvalue weighted by Gasteiger charge is 2.18. The van der Waals surface area contributed by atoms with Gasteiger partial charge in [0.2, 0.25) is 5.91 Å². The van der Waals surface area contributed by atoms with E-state index >= 15 is 0 Å². The molecule has 2 unspecified atom stereocenters. The highest BCUT2D eigenvalue weighted by atomic mass is 16.5. The maximum atomic E-state index is 12.4. The van der Waals surface area contributed by atoms with Crippen LogP contribution >= 0.6 is 0 Å². The van der Waals surface area contributed by atoms with Crippen molar-refractivity contribution in [3.63, 3.8) is 0 Å². The lowest BCUT2D eigenvalue weighted by Gasteiger charge is -2.20. The predicted molar refractivity (Wildman–Crippen MR) is 269 cm³/mol. The van der Waals surface area contributed by atoms with Crippen molar-refractivity contribution in [3.05, 3.63) is 48.6 Å². The molecular weight excluding hydrogens is 767 g/mol. The molecule has 0 heterocycles.